The highest BCUT2D eigenvalue weighted by Gasteiger charge is 2.22. The molecule has 1 aliphatic carbocycles. The molecule has 1 aromatic carbocycles. The molecule has 3 heteroatoms. The van der Waals surface area contributed by atoms with Gasteiger partial charge in [-0.25, -0.2) is 0 Å². The summed E-state index contributed by atoms with van der Waals surface area (Å²) in [4.78, 5) is 10.9. The fourth-order valence-corrected chi connectivity index (χ4v) is 1.98. The van der Waals surface area contributed by atoms with E-state index >= 15 is 0 Å². The van der Waals surface area contributed by atoms with E-state index in [9.17, 15) is 4.79 Å². The van der Waals surface area contributed by atoms with Crippen LogP contribution in [-0.4, -0.2) is 17.1 Å². The van der Waals surface area contributed by atoms with Gasteiger partial charge < -0.3 is 5.11 Å². The summed E-state index contributed by atoms with van der Waals surface area (Å²) in [6.07, 6.45) is 4.62. The van der Waals surface area contributed by atoms with Crippen molar-refractivity contribution >= 4 is 12.0 Å². The summed E-state index contributed by atoms with van der Waals surface area (Å²) >= 11 is 0. The smallest absolute Gasteiger partial charge is 0.320 e. The van der Waals surface area contributed by atoms with Crippen LogP contribution in [0.1, 0.15) is 30.5 Å². The Balaban J connectivity index is 2.14. The Hall–Kier alpha value is -1.61. The fourth-order valence-electron chi connectivity index (χ4n) is 1.98. The van der Waals surface area contributed by atoms with Gasteiger partial charge in [0.15, 0.2) is 0 Å². The lowest BCUT2D eigenvalue weighted by Gasteiger charge is -2.18. The molecule has 0 aromatic heterocycles. The van der Waals surface area contributed by atoms with Crippen LogP contribution in [0.2, 0.25) is 0 Å². The zero-order valence-electron chi connectivity index (χ0n) is 9.18. The van der Waals surface area contributed by atoms with Gasteiger partial charge in [0.1, 0.15) is 6.04 Å². The Morgan fingerprint density at radius 1 is 1.50 bits per heavy atom. The lowest BCUT2D eigenvalue weighted by atomic mass is 10.1. The van der Waals surface area contributed by atoms with E-state index in [2.05, 4.69) is 5.32 Å². The van der Waals surface area contributed by atoms with E-state index in [0.717, 1.165) is 5.56 Å². The third kappa shape index (κ3) is 1.99. The number of nitrogens with one attached hydrogen (secondary N) is 1. The number of rotatable bonds is 4. The predicted octanol–water partition coefficient (Wildman–Crippen LogP) is 2.21. The van der Waals surface area contributed by atoms with Crippen LogP contribution >= 0.6 is 0 Å². The molecule has 2 rings (SSSR count). The molecule has 2 N–H and O–H groups in total. The van der Waals surface area contributed by atoms with E-state index in [1.807, 2.05) is 43.3 Å². The van der Waals surface area contributed by atoms with Crippen LogP contribution in [0.15, 0.2) is 30.3 Å². The standard InChI is InChI=1S/C13H15NO2/c1-2-11(13(15)16)14-12-8-7-9-5-3-4-6-10(9)12/h3-8,11-12,14H,2H2,1H3,(H,15,16)/t11-,12+/m1/s1. The summed E-state index contributed by atoms with van der Waals surface area (Å²) in [5, 5.41) is 12.1. The van der Waals surface area contributed by atoms with Crippen molar-refractivity contribution in [3.05, 3.63) is 41.5 Å². The zero-order chi connectivity index (χ0) is 11.5. The highest BCUT2D eigenvalue weighted by Crippen LogP contribution is 2.28. The molecule has 0 saturated carbocycles. The quantitative estimate of drug-likeness (QED) is 0.813. The van der Waals surface area contributed by atoms with E-state index in [1.165, 1.54) is 5.56 Å². The summed E-state index contributed by atoms with van der Waals surface area (Å²) in [7, 11) is 0. The lowest BCUT2D eigenvalue weighted by molar-refractivity contribution is -0.139. The van der Waals surface area contributed by atoms with E-state index < -0.39 is 12.0 Å². The SMILES string of the molecule is CC[C@@H](N[C@H]1C=Cc2ccccc21)C(=O)O. The lowest BCUT2D eigenvalue weighted by Crippen LogP contribution is -2.37. The molecule has 1 aliphatic rings. The van der Waals surface area contributed by atoms with Crippen LogP contribution in [0, 0.1) is 0 Å². The third-order valence-electron chi connectivity index (χ3n) is 2.89. The Morgan fingerprint density at radius 3 is 2.94 bits per heavy atom. The Bertz CT molecular complexity index is 426. The molecule has 1 aromatic rings. The molecule has 3 nitrogen and oxygen atoms in total. The second kappa shape index (κ2) is 4.49. The summed E-state index contributed by atoms with van der Waals surface area (Å²) < 4.78 is 0. The molecule has 0 saturated heterocycles. The average Bonchev–Trinajstić information content (AvgIpc) is 2.69. The van der Waals surface area contributed by atoms with Crippen LogP contribution in [0.5, 0.6) is 0 Å². The summed E-state index contributed by atoms with van der Waals surface area (Å²) in [6, 6.07) is 7.57. The minimum Gasteiger partial charge on any atom is -0.480 e. The van der Waals surface area contributed by atoms with Gasteiger partial charge in [0, 0.05) is 0 Å². The topological polar surface area (TPSA) is 49.3 Å². The predicted molar refractivity (Wildman–Crippen MR) is 63.1 cm³/mol. The van der Waals surface area contributed by atoms with Gasteiger partial charge in [0.05, 0.1) is 6.04 Å². The molecule has 0 radical (unpaired) electrons. The van der Waals surface area contributed by atoms with Gasteiger partial charge in [-0.1, -0.05) is 43.3 Å². The van der Waals surface area contributed by atoms with E-state index in [4.69, 9.17) is 5.11 Å². The van der Waals surface area contributed by atoms with Crippen molar-refractivity contribution in [1.29, 1.82) is 0 Å². The molecule has 2 atom stereocenters. The largest absolute Gasteiger partial charge is 0.480 e. The number of hydrogen-bond acceptors (Lipinski definition) is 2. The van der Waals surface area contributed by atoms with Crippen molar-refractivity contribution in [2.24, 2.45) is 0 Å². The normalized spacial score (nSPS) is 19.4. The molecule has 16 heavy (non-hydrogen) atoms. The van der Waals surface area contributed by atoms with Crippen molar-refractivity contribution in [2.45, 2.75) is 25.4 Å². The van der Waals surface area contributed by atoms with Crippen molar-refractivity contribution in [3.63, 3.8) is 0 Å². The Kier molecular flexibility index (Phi) is 3.06. The zero-order valence-corrected chi connectivity index (χ0v) is 9.18. The second-order valence-corrected chi connectivity index (χ2v) is 3.93. The number of hydrogen-bond donors (Lipinski definition) is 2. The molecule has 0 unspecified atom stereocenters. The minimum absolute atomic E-state index is 0.0252. The van der Waals surface area contributed by atoms with Crippen molar-refractivity contribution < 1.29 is 9.90 Å². The Morgan fingerprint density at radius 2 is 2.25 bits per heavy atom. The van der Waals surface area contributed by atoms with Gasteiger partial charge in [-0.2, -0.15) is 0 Å². The number of carboxylic acids is 1. The highest BCUT2D eigenvalue weighted by molar-refractivity contribution is 5.74. The number of carboxylic acid groups (broad SMARTS) is 1. The third-order valence-corrected chi connectivity index (χ3v) is 2.89. The Labute approximate surface area is 94.8 Å². The van der Waals surface area contributed by atoms with Gasteiger partial charge in [0.25, 0.3) is 0 Å². The van der Waals surface area contributed by atoms with E-state index in [0.29, 0.717) is 6.42 Å². The molecule has 0 amide bonds. The molecular formula is C13H15NO2. The first kappa shape index (κ1) is 10.9. The van der Waals surface area contributed by atoms with Crippen LogP contribution < -0.4 is 5.32 Å². The van der Waals surface area contributed by atoms with Gasteiger partial charge in [-0.3, -0.25) is 10.1 Å². The molecular weight excluding hydrogens is 202 g/mol. The maximum Gasteiger partial charge on any atom is 0.320 e. The second-order valence-electron chi connectivity index (χ2n) is 3.93. The van der Waals surface area contributed by atoms with Gasteiger partial charge in [-0.15, -0.1) is 0 Å². The van der Waals surface area contributed by atoms with Crippen LogP contribution in [-0.2, 0) is 4.79 Å². The van der Waals surface area contributed by atoms with Crippen LogP contribution in [0.25, 0.3) is 6.08 Å². The number of aliphatic carboxylic acids is 1. The fraction of sp³-hybridized carbons (Fsp3) is 0.308. The summed E-state index contributed by atoms with van der Waals surface area (Å²) in [6.45, 7) is 1.87. The highest BCUT2D eigenvalue weighted by atomic mass is 16.4. The number of carbonyl (C=O) groups is 1. The minimum atomic E-state index is -0.791. The molecule has 0 aliphatic heterocycles. The van der Waals surface area contributed by atoms with Gasteiger partial charge >= 0.3 is 5.97 Å². The maximum absolute atomic E-state index is 10.9. The first-order valence-electron chi connectivity index (χ1n) is 5.48. The molecule has 0 bridgehead atoms. The van der Waals surface area contributed by atoms with Crippen molar-refractivity contribution in [2.75, 3.05) is 0 Å². The molecule has 0 fully saturated rings. The maximum atomic E-state index is 10.9. The van der Waals surface area contributed by atoms with Crippen LogP contribution in [0.3, 0.4) is 0 Å². The monoisotopic (exact) mass is 217 g/mol. The number of benzene rings is 1. The van der Waals surface area contributed by atoms with Crippen molar-refractivity contribution in [3.8, 4) is 0 Å². The molecule has 0 heterocycles. The van der Waals surface area contributed by atoms with Gasteiger partial charge in [0.2, 0.25) is 0 Å². The van der Waals surface area contributed by atoms with Gasteiger partial charge in [-0.05, 0) is 17.5 Å². The van der Waals surface area contributed by atoms with E-state index in [1.54, 1.807) is 0 Å². The summed E-state index contributed by atoms with van der Waals surface area (Å²) in [5.74, 6) is -0.791. The molecule has 84 valence electrons. The first-order chi connectivity index (χ1) is 7.72. The number of fused-ring (bicyclic) bond motifs is 1. The average molecular weight is 217 g/mol. The summed E-state index contributed by atoms with van der Waals surface area (Å²) in [5.41, 5.74) is 2.32. The molecule has 0 spiro atoms. The van der Waals surface area contributed by atoms with E-state index in [-0.39, 0.29) is 6.04 Å². The van der Waals surface area contributed by atoms with Crippen molar-refractivity contribution in [1.82, 2.24) is 5.32 Å². The first-order valence-corrected chi connectivity index (χ1v) is 5.48. The van der Waals surface area contributed by atoms with Crippen LogP contribution in [0.4, 0.5) is 0 Å².